The molecule has 2 heterocycles. The summed E-state index contributed by atoms with van der Waals surface area (Å²) in [5, 5.41) is 16.4. The fraction of sp³-hybridized carbons (Fsp3) is 0.125. The van der Waals surface area contributed by atoms with Gasteiger partial charge in [-0.25, -0.2) is 14.8 Å². The summed E-state index contributed by atoms with van der Waals surface area (Å²) in [5.41, 5.74) is 3.88. The van der Waals surface area contributed by atoms with Gasteiger partial charge in [-0.05, 0) is 65.4 Å². The van der Waals surface area contributed by atoms with Crippen molar-refractivity contribution in [2.45, 2.75) is 20.3 Å². The van der Waals surface area contributed by atoms with Gasteiger partial charge in [-0.3, -0.25) is 0 Å². The van der Waals surface area contributed by atoms with E-state index < -0.39 is 5.97 Å². The van der Waals surface area contributed by atoms with Crippen LogP contribution < -0.4 is 5.32 Å². The van der Waals surface area contributed by atoms with E-state index in [1.807, 2.05) is 54.8 Å². The molecule has 4 rings (SSSR count). The van der Waals surface area contributed by atoms with Crippen LogP contribution in [0, 0.1) is 6.92 Å². The largest absolute Gasteiger partial charge is 0.478 e. The number of anilines is 2. The highest BCUT2D eigenvalue weighted by atomic mass is 32.1. The van der Waals surface area contributed by atoms with Crippen LogP contribution in [0.1, 0.15) is 23.7 Å². The van der Waals surface area contributed by atoms with Crippen LogP contribution >= 0.6 is 11.3 Å². The Morgan fingerprint density at radius 3 is 2.67 bits per heavy atom. The SMILES string of the molecule is CCc1c(C)nc(-c2cccs2)nc1Nc1ccc2cc(/C=C/C(=O)O)ccc2c1. The minimum Gasteiger partial charge on any atom is -0.478 e. The molecule has 0 unspecified atom stereocenters. The number of fused-ring (bicyclic) bond motifs is 1. The van der Waals surface area contributed by atoms with Crippen LogP contribution in [0.5, 0.6) is 0 Å². The van der Waals surface area contributed by atoms with Gasteiger partial charge in [0, 0.05) is 23.0 Å². The van der Waals surface area contributed by atoms with Crippen LogP contribution in [0.4, 0.5) is 11.5 Å². The van der Waals surface area contributed by atoms with Crippen LogP contribution in [-0.4, -0.2) is 21.0 Å². The molecule has 0 atom stereocenters. The van der Waals surface area contributed by atoms with E-state index in [2.05, 4.69) is 23.3 Å². The highest BCUT2D eigenvalue weighted by molar-refractivity contribution is 7.13. The van der Waals surface area contributed by atoms with Gasteiger partial charge in [0.15, 0.2) is 5.82 Å². The smallest absolute Gasteiger partial charge is 0.328 e. The molecule has 4 aromatic rings. The van der Waals surface area contributed by atoms with E-state index in [4.69, 9.17) is 10.1 Å². The highest BCUT2D eigenvalue weighted by Crippen LogP contribution is 2.29. The van der Waals surface area contributed by atoms with Crippen LogP contribution in [-0.2, 0) is 11.2 Å². The summed E-state index contributed by atoms with van der Waals surface area (Å²) >= 11 is 1.63. The third-order valence-corrected chi connectivity index (χ3v) is 5.72. The van der Waals surface area contributed by atoms with Crippen molar-refractivity contribution >= 4 is 45.7 Å². The maximum atomic E-state index is 10.7. The van der Waals surface area contributed by atoms with Gasteiger partial charge in [-0.15, -0.1) is 11.3 Å². The number of benzene rings is 2. The lowest BCUT2D eigenvalue weighted by Gasteiger charge is -2.14. The summed E-state index contributed by atoms with van der Waals surface area (Å²) in [6, 6.07) is 16.0. The molecule has 0 aliphatic carbocycles. The third kappa shape index (κ3) is 4.23. The first-order valence-electron chi connectivity index (χ1n) is 9.66. The summed E-state index contributed by atoms with van der Waals surface area (Å²) in [6.45, 7) is 4.13. The van der Waals surface area contributed by atoms with Crippen molar-refractivity contribution in [1.29, 1.82) is 0 Å². The second kappa shape index (κ2) is 8.47. The van der Waals surface area contributed by atoms with Crippen molar-refractivity contribution in [1.82, 2.24) is 9.97 Å². The van der Waals surface area contributed by atoms with E-state index in [0.29, 0.717) is 0 Å². The van der Waals surface area contributed by atoms with Gasteiger partial charge < -0.3 is 10.4 Å². The number of thiophene rings is 1. The number of nitrogens with zero attached hydrogens (tertiary/aromatic N) is 2. The van der Waals surface area contributed by atoms with E-state index in [-0.39, 0.29) is 0 Å². The van der Waals surface area contributed by atoms with Crippen LogP contribution in [0.15, 0.2) is 60.0 Å². The molecule has 0 fully saturated rings. The molecule has 0 saturated heterocycles. The van der Waals surface area contributed by atoms with Crippen LogP contribution in [0.2, 0.25) is 0 Å². The Hall–Kier alpha value is -3.51. The number of hydrogen-bond acceptors (Lipinski definition) is 5. The number of aliphatic carboxylic acids is 1. The van der Waals surface area contributed by atoms with E-state index >= 15 is 0 Å². The van der Waals surface area contributed by atoms with E-state index in [1.54, 1.807) is 17.4 Å². The molecule has 6 heteroatoms. The number of nitrogens with one attached hydrogen (secondary N) is 1. The van der Waals surface area contributed by atoms with E-state index in [0.717, 1.165) is 62.3 Å². The Kier molecular flexibility index (Phi) is 5.59. The number of aryl methyl sites for hydroxylation is 1. The predicted molar refractivity (Wildman–Crippen MR) is 123 cm³/mol. The molecule has 0 aliphatic heterocycles. The number of hydrogen-bond donors (Lipinski definition) is 2. The van der Waals surface area contributed by atoms with Crippen molar-refractivity contribution in [3.8, 4) is 10.7 Å². The lowest BCUT2D eigenvalue weighted by Crippen LogP contribution is -2.04. The first kappa shape index (κ1) is 19.8. The molecule has 0 saturated carbocycles. The zero-order chi connectivity index (χ0) is 21.1. The summed E-state index contributed by atoms with van der Waals surface area (Å²) in [4.78, 5) is 21.3. The highest BCUT2D eigenvalue weighted by Gasteiger charge is 2.13. The quantitative estimate of drug-likeness (QED) is 0.374. The van der Waals surface area contributed by atoms with Gasteiger partial charge in [-0.1, -0.05) is 31.2 Å². The Morgan fingerprint density at radius 1 is 1.13 bits per heavy atom. The van der Waals surface area contributed by atoms with Gasteiger partial charge in [0.1, 0.15) is 5.82 Å². The van der Waals surface area contributed by atoms with Gasteiger partial charge in [0.05, 0.1) is 4.88 Å². The Bertz CT molecular complexity index is 1250. The maximum Gasteiger partial charge on any atom is 0.328 e. The zero-order valence-electron chi connectivity index (χ0n) is 16.7. The second-order valence-electron chi connectivity index (χ2n) is 6.91. The van der Waals surface area contributed by atoms with E-state index in [9.17, 15) is 4.79 Å². The number of carboxylic acids is 1. The lowest BCUT2D eigenvalue weighted by atomic mass is 10.1. The molecule has 0 aliphatic rings. The van der Waals surface area contributed by atoms with Crippen molar-refractivity contribution in [2.24, 2.45) is 0 Å². The molecule has 0 spiro atoms. The Morgan fingerprint density at radius 2 is 1.93 bits per heavy atom. The number of rotatable bonds is 6. The summed E-state index contributed by atoms with van der Waals surface area (Å²) in [6.07, 6.45) is 3.58. The van der Waals surface area contributed by atoms with Crippen molar-refractivity contribution in [2.75, 3.05) is 5.32 Å². The molecule has 0 radical (unpaired) electrons. The molecule has 150 valence electrons. The first-order chi connectivity index (χ1) is 14.5. The zero-order valence-corrected chi connectivity index (χ0v) is 17.5. The summed E-state index contributed by atoms with van der Waals surface area (Å²) < 4.78 is 0. The molecule has 5 nitrogen and oxygen atoms in total. The first-order valence-corrected chi connectivity index (χ1v) is 10.5. The molecule has 0 amide bonds. The minimum atomic E-state index is -0.955. The number of carboxylic acid groups (broad SMARTS) is 1. The number of carbonyl (C=O) groups is 1. The van der Waals surface area contributed by atoms with Gasteiger partial charge in [0.25, 0.3) is 0 Å². The molecule has 0 bridgehead atoms. The van der Waals surface area contributed by atoms with E-state index in [1.165, 1.54) is 0 Å². The summed E-state index contributed by atoms with van der Waals surface area (Å²) in [7, 11) is 0. The Labute approximate surface area is 178 Å². The molecule has 2 aromatic heterocycles. The van der Waals surface area contributed by atoms with Crippen molar-refractivity contribution in [3.63, 3.8) is 0 Å². The molecule has 30 heavy (non-hydrogen) atoms. The van der Waals surface area contributed by atoms with Crippen molar-refractivity contribution in [3.05, 3.63) is 76.8 Å². The van der Waals surface area contributed by atoms with Gasteiger partial charge >= 0.3 is 5.97 Å². The van der Waals surface area contributed by atoms with Gasteiger partial charge in [-0.2, -0.15) is 0 Å². The average molecular weight is 416 g/mol. The van der Waals surface area contributed by atoms with Crippen molar-refractivity contribution < 1.29 is 9.90 Å². The topological polar surface area (TPSA) is 75.1 Å². The minimum absolute atomic E-state index is 0.734. The monoisotopic (exact) mass is 415 g/mol. The van der Waals surface area contributed by atoms with Gasteiger partial charge in [0.2, 0.25) is 0 Å². The van der Waals surface area contributed by atoms with Crippen LogP contribution in [0.3, 0.4) is 0 Å². The second-order valence-corrected chi connectivity index (χ2v) is 7.86. The fourth-order valence-corrected chi connectivity index (χ4v) is 4.05. The predicted octanol–water partition coefficient (Wildman–Crippen LogP) is 6.07. The third-order valence-electron chi connectivity index (χ3n) is 4.85. The molecular weight excluding hydrogens is 394 g/mol. The van der Waals surface area contributed by atoms with Crippen LogP contribution in [0.25, 0.3) is 27.6 Å². The Balaban J connectivity index is 1.68. The average Bonchev–Trinajstić information content (AvgIpc) is 3.27. The fourth-order valence-electron chi connectivity index (χ4n) is 3.39. The maximum absolute atomic E-state index is 10.7. The lowest BCUT2D eigenvalue weighted by molar-refractivity contribution is -0.131. The molecular formula is C24H21N3O2S. The standard InChI is InChI=1S/C24H21N3O2S/c1-3-20-15(2)25-24(21-5-4-12-30-21)27-23(20)26-19-10-9-17-13-16(7-11-22(28)29)6-8-18(17)14-19/h4-14H,3H2,1-2H3,(H,28,29)(H,25,26,27)/b11-7+. The number of aromatic nitrogens is 2. The summed E-state index contributed by atoms with van der Waals surface area (Å²) in [5.74, 6) is 0.607. The molecule has 2 aromatic carbocycles. The molecule has 2 N–H and O–H groups in total. The normalized spacial score (nSPS) is 11.3.